The highest BCUT2D eigenvalue weighted by Crippen LogP contribution is 2.28. The molecule has 9 heteroatoms. The van der Waals surface area contributed by atoms with Crippen LogP contribution >= 0.6 is 12.2 Å². The molecule has 0 radical (unpaired) electrons. The fourth-order valence-electron chi connectivity index (χ4n) is 4.12. The zero-order chi connectivity index (χ0) is 25.4. The fraction of sp³-hybridized carbons (Fsp3) is 0.154. The second-order valence-electron chi connectivity index (χ2n) is 8.12. The lowest BCUT2D eigenvalue weighted by molar-refractivity contribution is -0.122. The quantitative estimate of drug-likeness (QED) is 0.320. The molecule has 0 aliphatic carbocycles. The van der Waals surface area contributed by atoms with E-state index in [2.05, 4.69) is 5.32 Å². The van der Waals surface area contributed by atoms with Crippen molar-refractivity contribution in [2.75, 3.05) is 12.0 Å². The number of nitrogens with one attached hydrogen (secondary N) is 1. The minimum atomic E-state index is -0.993. The van der Waals surface area contributed by atoms with Crippen LogP contribution in [0, 0.1) is 20.8 Å². The molecular weight excluding hydrogens is 466 g/mol. The second-order valence-corrected chi connectivity index (χ2v) is 8.51. The smallest absolute Gasteiger partial charge is 0.335 e. The first kappa shape index (κ1) is 23.9. The molecule has 0 saturated carbocycles. The molecule has 35 heavy (non-hydrogen) atoms. The van der Waals surface area contributed by atoms with Gasteiger partial charge in [0.25, 0.3) is 11.8 Å². The highest BCUT2D eigenvalue weighted by Gasteiger charge is 2.34. The van der Waals surface area contributed by atoms with Gasteiger partial charge in [0.1, 0.15) is 11.3 Å². The van der Waals surface area contributed by atoms with Gasteiger partial charge in [-0.25, -0.2) is 4.79 Å². The summed E-state index contributed by atoms with van der Waals surface area (Å²) in [5, 5.41) is 11.9. The van der Waals surface area contributed by atoms with E-state index < -0.39 is 17.8 Å². The van der Waals surface area contributed by atoms with Crippen molar-refractivity contribution in [1.82, 2.24) is 9.88 Å². The normalized spacial score (nSPS) is 14.9. The van der Waals surface area contributed by atoms with Gasteiger partial charge in [-0.15, -0.1) is 0 Å². The SMILES string of the molecule is COc1ccc(N2C(=O)/C(=C\c3cc(C)n(-c4ccc(C(=O)O)cc4C)c3C)C(=O)NC2=S)cc1. The zero-order valence-corrected chi connectivity index (χ0v) is 20.4. The number of aromatic nitrogens is 1. The number of ether oxygens (including phenoxy) is 1. The van der Waals surface area contributed by atoms with Crippen LogP contribution in [0.2, 0.25) is 0 Å². The number of carbonyl (C=O) groups excluding carboxylic acids is 2. The number of benzene rings is 2. The number of hydrogen-bond donors (Lipinski definition) is 2. The Bertz CT molecular complexity index is 1420. The summed E-state index contributed by atoms with van der Waals surface area (Å²) in [6, 6.07) is 13.6. The largest absolute Gasteiger partial charge is 0.497 e. The maximum Gasteiger partial charge on any atom is 0.335 e. The van der Waals surface area contributed by atoms with Gasteiger partial charge in [0.15, 0.2) is 5.11 Å². The summed E-state index contributed by atoms with van der Waals surface area (Å²) in [4.78, 5) is 38.7. The molecule has 178 valence electrons. The van der Waals surface area contributed by atoms with Crippen molar-refractivity contribution in [2.45, 2.75) is 20.8 Å². The van der Waals surface area contributed by atoms with Crippen LogP contribution in [0.5, 0.6) is 5.75 Å². The van der Waals surface area contributed by atoms with Crippen molar-refractivity contribution >= 4 is 46.9 Å². The van der Waals surface area contributed by atoms with Crippen molar-refractivity contribution in [1.29, 1.82) is 0 Å². The number of hydrogen-bond acceptors (Lipinski definition) is 5. The average Bonchev–Trinajstić information content (AvgIpc) is 3.09. The Morgan fingerprint density at radius 1 is 1.06 bits per heavy atom. The summed E-state index contributed by atoms with van der Waals surface area (Å²) in [5.41, 5.74) is 4.61. The highest BCUT2D eigenvalue weighted by molar-refractivity contribution is 7.80. The number of carboxylic acids is 1. The van der Waals surface area contributed by atoms with E-state index in [0.717, 1.165) is 22.6 Å². The van der Waals surface area contributed by atoms with Gasteiger partial charge in [-0.05, 0) is 98.7 Å². The maximum atomic E-state index is 13.3. The molecule has 0 bridgehead atoms. The Morgan fingerprint density at radius 2 is 1.74 bits per heavy atom. The van der Waals surface area contributed by atoms with Crippen molar-refractivity contribution in [3.05, 3.63) is 82.2 Å². The number of rotatable bonds is 5. The molecule has 1 aliphatic rings. The standard InChI is InChI=1S/C26H23N3O5S/c1-14-11-17(25(32)33)5-10-22(14)28-15(2)12-18(16(28)3)13-21-23(30)27-26(35)29(24(21)31)19-6-8-20(34-4)9-7-19/h5-13H,1-4H3,(H,32,33)(H,27,30,35)/b21-13-. The minimum Gasteiger partial charge on any atom is -0.497 e. The van der Waals surface area contributed by atoms with E-state index in [1.165, 1.54) is 4.90 Å². The summed E-state index contributed by atoms with van der Waals surface area (Å²) in [7, 11) is 1.55. The van der Waals surface area contributed by atoms with Crippen LogP contribution in [0.4, 0.5) is 5.69 Å². The van der Waals surface area contributed by atoms with E-state index in [1.54, 1.807) is 55.7 Å². The molecule has 2 amide bonds. The molecule has 0 atom stereocenters. The van der Waals surface area contributed by atoms with Crippen molar-refractivity contribution in [3.63, 3.8) is 0 Å². The topological polar surface area (TPSA) is 101 Å². The van der Waals surface area contributed by atoms with E-state index in [-0.39, 0.29) is 16.2 Å². The lowest BCUT2D eigenvalue weighted by Gasteiger charge is -2.29. The minimum absolute atomic E-state index is 0.00179. The molecule has 8 nitrogen and oxygen atoms in total. The third-order valence-electron chi connectivity index (χ3n) is 5.89. The van der Waals surface area contributed by atoms with Crippen molar-refractivity contribution < 1.29 is 24.2 Å². The molecule has 2 heterocycles. The Morgan fingerprint density at radius 3 is 2.34 bits per heavy atom. The molecular formula is C26H23N3O5S. The summed E-state index contributed by atoms with van der Waals surface area (Å²) in [6.07, 6.45) is 1.55. The third-order valence-corrected chi connectivity index (χ3v) is 6.17. The number of carboxylic acid groups (broad SMARTS) is 1. The number of anilines is 1. The summed E-state index contributed by atoms with van der Waals surface area (Å²) in [6.45, 7) is 5.62. The van der Waals surface area contributed by atoms with Gasteiger partial charge in [0, 0.05) is 17.1 Å². The number of thiocarbonyl (C=S) groups is 1. The van der Waals surface area contributed by atoms with Gasteiger partial charge in [0.05, 0.1) is 18.4 Å². The number of aryl methyl sites for hydroxylation is 2. The van der Waals surface area contributed by atoms with Crippen molar-refractivity contribution in [2.24, 2.45) is 0 Å². The molecule has 0 unspecified atom stereocenters. The zero-order valence-electron chi connectivity index (χ0n) is 19.6. The number of nitrogens with zero attached hydrogens (tertiary/aromatic N) is 2. The fourth-order valence-corrected chi connectivity index (χ4v) is 4.40. The molecule has 4 rings (SSSR count). The number of methoxy groups -OCH3 is 1. The Labute approximate surface area is 207 Å². The summed E-state index contributed by atoms with van der Waals surface area (Å²) >= 11 is 5.27. The van der Waals surface area contributed by atoms with Gasteiger partial charge in [0.2, 0.25) is 0 Å². The lowest BCUT2D eigenvalue weighted by Crippen LogP contribution is -2.54. The molecule has 2 aromatic carbocycles. The van der Waals surface area contributed by atoms with E-state index in [1.807, 2.05) is 31.4 Å². The van der Waals surface area contributed by atoms with E-state index >= 15 is 0 Å². The van der Waals surface area contributed by atoms with Gasteiger partial charge in [-0.1, -0.05) is 0 Å². The predicted octanol–water partition coefficient (Wildman–Crippen LogP) is 3.94. The molecule has 3 aromatic rings. The Balaban J connectivity index is 1.74. The Hall–Kier alpha value is -4.24. The van der Waals surface area contributed by atoms with Crippen LogP contribution < -0.4 is 15.0 Å². The molecule has 1 aliphatic heterocycles. The Kier molecular flexibility index (Phi) is 6.27. The van der Waals surface area contributed by atoms with Gasteiger partial charge >= 0.3 is 5.97 Å². The molecule has 0 spiro atoms. The van der Waals surface area contributed by atoms with Crippen molar-refractivity contribution in [3.8, 4) is 11.4 Å². The van der Waals surface area contributed by atoms with Crippen LogP contribution in [0.1, 0.15) is 32.9 Å². The number of carbonyl (C=O) groups is 3. The first-order valence-corrected chi connectivity index (χ1v) is 11.1. The molecule has 2 N–H and O–H groups in total. The van der Waals surface area contributed by atoms with Crippen LogP contribution in [-0.2, 0) is 9.59 Å². The predicted molar refractivity (Wildman–Crippen MR) is 136 cm³/mol. The first-order chi connectivity index (χ1) is 16.6. The second kappa shape index (κ2) is 9.19. The van der Waals surface area contributed by atoms with Crippen LogP contribution in [0.15, 0.2) is 54.1 Å². The highest BCUT2D eigenvalue weighted by atomic mass is 32.1. The molecule has 1 saturated heterocycles. The average molecular weight is 490 g/mol. The number of amides is 2. The van der Waals surface area contributed by atoms with Gasteiger partial charge < -0.3 is 14.4 Å². The van der Waals surface area contributed by atoms with Crippen LogP contribution in [0.3, 0.4) is 0 Å². The van der Waals surface area contributed by atoms with Gasteiger partial charge in [-0.3, -0.25) is 19.8 Å². The lowest BCUT2D eigenvalue weighted by atomic mass is 10.1. The van der Waals surface area contributed by atoms with E-state index in [0.29, 0.717) is 17.0 Å². The van der Waals surface area contributed by atoms with E-state index in [9.17, 15) is 19.5 Å². The summed E-state index contributed by atoms with van der Waals surface area (Å²) in [5.74, 6) is -1.47. The maximum absolute atomic E-state index is 13.3. The molecule has 1 fully saturated rings. The van der Waals surface area contributed by atoms with Crippen LogP contribution in [0.25, 0.3) is 11.8 Å². The monoisotopic (exact) mass is 489 g/mol. The number of aromatic carboxylic acids is 1. The van der Waals surface area contributed by atoms with Crippen LogP contribution in [-0.4, -0.2) is 39.7 Å². The first-order valence-electron chi connectivity index (χ1n) is 10.7. The summed E-state index contributed by atoms with van der Waals surface area (Å²) < 4.78 is 7.13. The van der Waals surface area contributed by atoms with Gasteiger partial charge in [-0.2, -0.15) is 0 Å². The third kappa shape index (κ3) is 4.33. The molecule has 1 aromatic heterocycles. The van der Waals surface area contributed by atoms with E-state index in [4.69, 9.17) is 17.0 Å².